The van der Waals surface area contributed by atoms with Gasteiger partial charge in [-0.3, -0.25) is 4.79 Å². The van der Waals surface area contributed by atoms with Crippen LogP contribution in [-0.2, 0) is 0 Å². The second-order valence-electron chi connectivity index (χ2n) is 4.67. The molecule has 2 unspecified atom stereocenters. The standard InChI is InChI=1S/C13H16BrNO/c1-9-5-10(9)7-15(2)13-4-3-12(14)6-11(13)8-16/h3-4,6,8-10H,5,7H2,1-2H3. The summed E-state index contributed by atoms with van der Waals surface area (Å²) in [5.41, 5.74) is 1.78. The highest BCUT2D eigenvalue weighted by atomic mass is 79.9. The number of hydrogen-bond donors (Lipinski definition) is 0. The van der Waals surface area contributed by atoms with E-state index in [-0.39, 0.29) is 0 Å². The third-order valence-corrected chi connectivity index (χ3v) is 3.81. The van der Waals surface area contributed by atoms with Crippen LogP contribution in [-0.4, -0.2) is 19.9 Å². The molecule has 1 aromatic carbocycles. The Morgan fingerprint density at radius 2 is 2.25 bits per heavy atom. The quantitative estimate of drug-likeness (QED) is 0.789. The molecule has 0 saturated heterocycles. The molecule has 2 rings (SSSR count). The van der Waals surface area contributed by atoms with E-state index in [1.54, 1.807) is 0 Å². The molecule has 1 aliphatic carbocycles. The van der Waals surface area contributed by atoms with Crippen molar-refractivity contribution in [3.8, 4) is 0 Å². The van der Waals surface area contributed by atoms with Crippen LogP contribution in [0.3, 0.4) is 0 Å². The van der Waals surface area contributed by atoms with Crippen molar-refractivity contribution < 1.29 is 4.79 Å². The van der Waals surface area contributed by atoms with Crippen LogP contribution in [0.2, 0.25) is 0 Å². The normalized spacial score (nSPS) is 22.9. The zero-order chi connectivity index (χ0) is 11.7. The van der Waals surface area contributed by atoms with Crippen molar-refractivity contribution in [3.63, 3.8) is 0 Å². The first kappa shape index (κ1) is 11.6. The molecule has 0 amide bonds. The van der Waals surface area contributed by atoms with Gasteiger partial charge in [0.2, 0.25) is 0 Å². The van der Waals surface area contributed by atoms with Crippen molar-refractivity contribution in [1.29, 1.82) is 0 Å². The van der Waals surface area contributed by atoms with Crippen LogP contribution in [0.15, 0.2) is 22.7 Å². The fourth-order valence-electron chi connectivity index (χ4n) is 2.07. The smallest absolute Gasteiger partial charge is 0.152 e. The summed E-state index contributed by atoms with van der Waals surface area (Å²) >= 11 is 3.38. The summed E-state index contributed by atoms with van der Waals surface area (Å²) in [6.45, 7) is 3.32. The summed E-state index contributed by atoms with van der Waals surface area (Å²) in [5, 5.41) is 0. The second-order valence-corrected chi connectivity index (χ2v) is 5.59. The average Bonchev–Trinajstić information content (AvgIpc) is 2.93. The third kappa shape index (κ3) is 2.46. The number of nitrogens with zero attached hydrogens (tertiary/aromatic N) is 1. The SMILES string of the molecule is CC1CC1CN(C)c1ccc(Br)cc1C=O. The Hall–Kier alpha value is -0.830. The first-order valence-electron chi connectivity index (χ1n) is 5.57. The topological polar surface area (TPSA) is 20.3 Å². The van der Waals surface area contributed by atoms with Gasteiger partial charge in [0.15, 0.2) is 6.29 Å². The van der Waals surface area contributed by atoms with Crippen molar-refractivity contribution in [2.75, 3.05) is 18.5 Å². The van der Waals surface area contributed by atoms with Crippen LogP contribution < -0.4 is 4.90 Å². The number of carbonyl (C=O) groups excluding carboxylic acids is 1. The lowest BCUT2D eigenvalue weighted by Gasteiger charge is -2.21. The lowest BCUT2D eigenvalue weighted by molar-refractivity contribution is 0.112. The van der Waals surface area contributed by atoms with Gasteiger partial charge in [0, 0.05) is 29.3 Å². The molecule has 16 heavy (non-hydrogen) atoms. The monoisotopic (exact) mass is 281 g/mol. The zero-order valence-corrected chi connectivity index (χ0v) is 11.2. The Labute approximate surface area is 105 Å². The van der Waals surface area contributed by atoms with E-state index in [1.165, 1.54) is 6.42 Å². The molecule has 0 heterocycles. The summed E-state index contributed by atoms with van der Waals surface area (Å²) in [5.74, 6) is 1.64. The van der Waals surface area contributed by atoms with E-state index in [0.717, 1.165) is 40.4 Å². The van der Waals surface area contributed by atoms with Gasteiger partial charge >= 0.3 is 0 Å². The number of aldehydes is 1. The van der Waals surface area contributed by atoms with E-state index in [4.69, 9.17) is 0 Å². The summed E-state index contributed by atoms with van der Waals surface area (Å²) in [4.78, 5) is 13.2. The number of halogens is 1. The molecule has 1 fully saturated rings. The summed E-state index contributed by atoms with van der Waals surface area (Å²) < 4.78 is 0.950. The van der Waals surface area contributed by atoms with Crippen molar-refractivity contribution in [1.82, 2.24) is 0 Å². The Kier molecular flexibility index (Phi) is 3.33. The molecule has 0 aromatic heterocycles. The van der Waals surface area contributed by atoms with Gasteiger partial charge in [-0.2, -0.15) is 0 Å². The number of carbonyl (C=O) groups is 1. The lowest BCUT2D eigenvalue weighted by Crippen LogP contribution is -2.21. The van der Waals surface area contributed by atoms with Gasteiger partial charge in [0.1, 0.15) is 0 Å². The maximum Gasteiger partial charge on any atom is 0.152 e. The van der Waals surface area contributed by atoms with Crippen LogP contribution >= 0.6 is 15.9 Å². The van der Waals surface area contributed by atoms with Crippen molar-refractivity contribution in [2.24, 2.45) is 11.8 Å². The van der Waals surface area contributed by atoms with Gasteiger partial charge in [-0.05, 0) is 36.5 Å². The molecular weight excluding hydrogens is 266 g/mol. The Bertz CT molecular complexity index is 405. The molecule has 0 radical (unpaired) electrons. The Balaban J connectivity index is 2.15. The van der Waals surface area contributed by atoms with E-state index >= 15 is 0 Å². The van der Waals surface area contributed by atoms with Crippen LogP contribution in [0.25, 0.3) is 0 Å². The molecule has 0 bridgehead atoms. The lowest BCUT2D eigenvalue weighted by atomic mass is 10.1. The van der Waals surface area contributed by atoms with E-state index in [2.05, 4.69) is 34.8 Å². The first-order chi connectivity index (χ1) is 7.61. The van der Waals surface area contributed by atoms with E-state index < -0.39 is 0 Å². The van der Waals surface area contributed by atoms with Gasteiger partial charge in [0.25, 0.3) is 0 Å². The highest BCUT2D eigenvalue weighted by molar-refractivity contribution is 9.10. The van der Waals surface area contributed by atoms with Gasteiger partial charge in [-0.15, -0.1) is 0 Å². The maximum atomic E-state index is 11.0. The molecule has 0 N–H and O–H groups in total. The highest BCUT2D eigenvalue weighted by Gasteiger charge is 2.33. The predicted octanol–water partition coefficient (Wildman–Crippen LogP) is 3.35. The fraction of sp³-hybridized carbons (Fsp3) is 0.462. The minimum atomic E-state index is 0.755. The predicted molar refractivity (Wildman–Crippen MR) is 70.1 cm³/mol. The van der Waals surface area contributed by atoms with Gasteiger partial charge in [0.05, 0.1) is 0 Å². The summed E-state index contributed by atoms with van der Waals surface area (Å²) in [6, 6.07) is 5.85. The summed E-state index contributed by atoms with van der Waals surface area (Å²) in [7, 11) is 2.06. The van der Waals surface area contributed by atoms with Crippen molar-refractivity contribution >= 4 is 27.9 Å². The molecule has 2 atom stereocenters. The fourth-order valence-corrected chi connectivity index (χ4v) is 2.45. The minimum absolute atomic E-state index is 0.755. The number of rotatable bonds is 4. The van der Waals surface area contributed by atoms with E-state index in [0.29, 0.717) is 0 Å². The minimum Gasteiger partial charge on any atom is -0.374 e. The van der Waals surface area contributed by atoms with Crippen LogP contribution in [0.4, 0.5) is 5.69 Å². The van der Waals surface area contributed by atoms with E-state index in [1.807, 2.05) is 18.2 Å². The van der Waals surface area contributed by atoms with Gasteiger partial charge in [-0.25, -0.2) is 0 Å². The van der Waals surface area contributed by atoms with Crippen LogP contribution in [0, 0.1) is 11.8 Å². The number of benzene rings is 1. The van der Waals surface area contributed by atoms with E-state index in [9.17, 15) is 4.79 Å². The van der Waals surface area contributed by atoms with Crippen molar-refractivity contribution in [3.05, 3.63) is 28.2 Å². The second kappa shape index (κ2) is 4.58. The average molecular weight is 282 g/mol. The molecule has 0 aliphatic heterocycles. The first-order valence-corrected chi connectivity index (χ1v) is 6.37. The number of anilines is 1. The van der Waals surface area contributed by atoms with Crippen LogP contribution in [0.1, 0.15) is 23.7 Å². The largest absolute Gasteiger partial charge is 0.374 e. The molecule has 0 spiro atoms. The van der Waals surface area contributed by atoms with Gasteiger partial charge < -0.3 is 4.90 Å². The Morgan fingerprint density at radius 3 is 2.81 bits per heavy atom. The molecule has 3 heteroatoms. The maximum absolute atomic E-state index is 11.0. The highest BCUT2D eigenvalue weighted by Crippen LogP contribution is 2.39. The molecule has 1 saturated carbocycles. The molecule has 1 aliphatic rings. The zero-order valence-electron chi connectivity index (χ0n) is 9.61. The molecule has 1 aromatic rings. The van der Waals surface area contributed by atoms with Crippen molar-refractivity contribution in [2.45, 2.75) is 13.3 Å². The Morgan fingerprint density at radius 1 is 1.56 bits per heavy atom. The van der Waals surface area contributed by atoms with Gasteiger partial charge in [-0.1, -0.05) is 22.9 Å². The summed E-state index contributed by atoms with van der Waals surface area (Å²) in [6.07, 6.45) is 2.24. The van der Waals surface area contributed by atoms with Crippen LogP contribution in [0.5, 0.6) is 0 Å². The molecular formula is C13H16BrNO. The molecule has 2 nitrogen and oxygen atoms in total. The molecule has 86 valence electrons. The third-order valence-electron chi connectivity index (χ3n) is 3.31. The number of hydrogen-bond acceptors (Lipinski definition) is 2.